The summed E-state index contributed by atoms with van der Waals surface area (Å²) in [5.41, 5.74) is 6.56. The number of anilines is 3. The van der Waals surface area contributed by atoms with Crippen LogP contribution in [0.2, 0.25) is 0 Å². The van der Waals surface area contributed by atoms with E-state index in [-0.39, 0.29) is 73.6 Å². The molecular weight excluding hydrogens is 1230 g/mol. The van der Waals surface area contributed by atoms with Gasteiger partial charge in [-0.1, -0.05) is 64.1 Å². The molecule has 6 aliphatic carbocycles. The number of carbonyl (C=O) groups excluding carboxylic acids is 3. The van der Waals surface area contributed by atoms with Crippen LogP contribution in [0.25, 0.3) is 21.8 Å². The van der Waals surface area contributed by atoms with Gasteiger partial charge in [0, 0.05) is 70.0 Å². The first-order valence-electron chi connectivity index (χ1n) is 30.0. The summed E-state index contributed by atoms with van der Waals surface area (Å²) in [4.78, 5) is 63.0. The molecule has 6 heterocycles. The summed E-state index contributed by atoms with van der Waals surface area (Å²) in [7, 11) is 0. The Morgan fingerprint density at radius 3 is 1.49 bits per heavy atom. The van der Waals surface area contributed by atoms with E-state index in [0.29, 0.717) is 57.0 Å². The highest BCUT2D eigenvalue weighted by atomic mass is 35.5. The number of benzene rings is 2. The van der Waals surface area contributed by atoms with Crippen LogP contribution < -0.4 is 15.5 Å². The highest BCUT2D eigenvalue weighted by Gasteiger charge is 2.60. The third kappa shape index (κ3) is 12.9. The highest BCUT2D eigenvalue weighted by molar-refractivity contribution is 6.97. The number of rotatable bonds is 15. The maximum Gasteiger partial charge on any atom is 0.395 e. The van der Waals surface area contributed by atoms with Crippen LogP contribution in [0.4, 0.5) is 25.8 Å². The number of halogens is 4. The Kier molecular flexibility index (Phi) is 18.0. The van der Waals surface area contributed by atoms with Gasteiger partial charge in [-0.2, -0.15) is 29.8 Å². The Morgan fingerprint density at radius 1 is 0.656 bits per heavy atom. The van der Waals surface area contributed by atoms with E-state index in [1.807, 2.05) is 50.7 Å². The third-order valence-electron chi connectivity index (χ3n) is 18.8. The molecule has 0 aliphatic heterocycles. The average Bonchev–Trinajstić information content (AvgIpc) is 1.71. The van der Waals surface area contributed by atoms with Crippen LogP contribution in [0, 0.1) is 93.7 Å². The van der Waals surface area contributed by atoms with Crippen LogP contribution in [-0.2, 0) is 36.7 Å². The van der Waals surface area contributed by atoms with Crippen molar-refractivity contribution in [2.75, 3.05) is 15.5 Å². The molecule has 6 aliphatic rings. The Labute approximate surface area is 544 Å². The van der Waals surface area contributed by atoms with Crippen LogP contribution in [0.1, 0.15) is 168 Å². The van der Waals surface area contributed by atoms with Crippen molar-refractivity contribution in [2.45, 2.75) is 149 Å². The van der Waals surface area contributed by atoms with Gasteiger partial charge in [0.15, 0.2) is 0 Å². The standard InChI is InChI=1S/C33H32FN9O3.C32H33FN8.C2Cl2O2/c1-17-23(6-7-26(34)38-17)29(25-16-42(41-40-25)33-10-19(11-33)12-33)43(30(44)31(45)46)22-8-20(13-35)27-24(9-22)28(21(14-36)15-37-27)39-18(2)32(3,4)5;1-18-24(6-7-28(33)37-18)25(27-17-41(40-39-27)32-11-21(12-32)13-32)9-20-8-22(14-34)29-26(10-20)30(23(15-35)16-36-29)38-19(2)31(3,4)5;3-1(5)2(4)6/h6-9,15-16,18-19,29H,10-12H2,1-5H3,(H,37,39)(H,45,46);6-8,10,16-17,19,21,25H,9,11-13H2,1-5H3,(H,36,38);/t18-,19?,29+,33?;19-,21?,25+,32?;/m11./s1. The van der Waals surface area contributed by atoms with Crippen molar-refractivity contribution < 1.29 is 33.1 Å². The van der Waals surface area contributed by atoms with Crippen molar-refractivity contribution in [1.82, 2.24) is 49.9 Å². The van der Waals surface area contributed by atoms with Crippen LogP contribution in [0.15, 0.2) is 73.3 Å². The molecule has 4 bridgehead atoms. The lowest BCUT2D eigenvalue weighted by Gasteiger charge is -2.61. The van der Waals surface area contributed by atoms with E-state index in [4.69, 9.17) is 0 Å². The zero-order chi connectivity index (χ0) is 67.4. The summed E-state index contributed by atoms with van der Waals surface area (Å²) < 4.78 is 32.0. The van der Waals surface area contributed by atoms with Gasteiger partial charge in [0.05, 0.1) is 67.6 Å². The number of aryl methyl sites for hydroxylation is 2. The first-order chi connectivity index (χ1) is 43.9. The predicted octanol–water partition coefficient (Wildman–Crippen LogP) is 11.6. The number of hydrogen-bond donors (Lipinski definition) is 3. The number of hydrogen-bond acceptors (Lipinski definition) is 18. The van der Waals surface area contributed by atoms with Crippen LogP contribution in [-0.4, -0.2) is 89.5 Å². The minimum absolute atomic E-state index is 0.0357. The highest BCUT2D eigenvalue weighted by Crippen LogP contribution is 2.63. The first kappa shape index (κ1) is 66.1. The number of aromatic nitrogens is 10. The second-order valence-electron chi connectivity index (χ2n) is 26.8. The van der Waals surface area contributed by atoms with Gasteiger partial charge in [-0.3, -0.25) is 29.3 Å². The number of nitrogens with zero attached hydrogens (tertiary/aromatic N) is 15. The summed E-state index contributed by atoms with van der Waals surface area (Å²) in [5, 5.41) is 74.0. The molecule has 4 atom stereocenters. The summed E-state index contributed by atoms with van der Waals surface area (Å²) >= 11 is 8.98. The van der Waals surface area contributed by atoms with Crippen molar-refractivity contribution in [3.63, 3.8) is 0 Å². The minimum atomic E-state index is -1.76. The number of carboxylic acids is 1. The molecule has 93 heavy (non-hydrogen) atoms. The zero-order valence-corrected chi connectivity index (χ0v) is 54.2. The van der Waals surface area contributed by atoms with Gasteiger partial charge < -0.3 is 15.7 Å². The van der Waals surface area contributed by atoms with Crippen molar-refractivity contribution in [3.8, 4) is 24.3 Å². The van der Waals surface area contributed by atoms with E-state index in [9.17, 15) is 54.1 Å². The summed E-state index contributed by atoms with van der Waals surface area (Å²) in [6.07, 6.45) is 13.4. The van der Waals surface area contributed by atoms with Crippen molar-refractivity contribution in [1.29, 1.82) is 21.0 Å². The second kappa shape index (κ2) is 25.3. The number of aliphatic carboxylic acids is 1. The Hall–Kier alpha value is -9.88. The topological polar surface area (TPSA) is 324 Å². The molecule has 1 amide bonds. The largest absolute Gasteiger partial charge is 0.474 e. The molecule has 22 nitrogen and oxygen atoms in total. The maximum atomic E-state index is 14.2. The number of carboxylic acid groups (broad SMARTS) is 1. The lowest BCUT2D eigenvalue weighted by Crippen LogP contribution is -2.59. The normalized spacial score (nSPS) is 19.4. The maximum absolute atomic E-state index is 14.2. The fraction of sp³-hybridized carbons (Fsp3) is 0.403. The molecule has 0 spiro atoms. The first-order valence-corrected chi connectivity index (χ1v) is 30.8. The van der Waals surface area contributed by atoms with Crippen LogP contribution in [0.3, 0.4) is 0 Å². The fourth-order valence-corrected chi connectivity index (χ4v) is 12.4. The van der Waals surface area contributed by atoms with Gasteiger partial charge in [0.2, 0.25) is 11.9 Å². The monoisotopic (exact) mass is 1300 g/mol. The molecule has 0 radical (unpaired) electrons. The fourth-order valence-electron chi connectivity index (χ4n) is 12.4. The Balaban J connectivity index is 0.000000188. The lowest BCUT2D eigenvalue weighted by atomic mass is 9.50. The predicted molar refractivity (Wildman–Crippen MR) is 340 cm³/mol. The van der Waals surface area contributed by atoms with Crippen molar-refractivity contribution >= 4 is 84.4 Å². The third-order valence-corrected chi connectivity index (χ3v) is 19.3. The van der Waals surface area contributed by atoms with Gasteiger partial charge in [-0.05, 0) is 166 Å². The van der Waals surface area contributed by atoms with E-state index < -0.39 is 40.3 Å². The van der Waals surface area contributed by atoms with Crippen molar-refractivity contribution in [2.24, 2.45) is 22.7 Å². The van der Waals surface area contributed by atoms with Crippen LogP contribution >= 0.6 is 23.2 Å². The Bertz CT molecular complexity index is 4500. The molecular formula is C67H65Cl2F2N17O5. The van der Waals surface area contributed by atoms with Gasteiger partial charge in [-0.25, -0.2) is 24.1 Å². The van der Waals surface area contributed by atoms with Crippen molar-refractivity contribution in [3.05, 3.63) is 147 Å². The van der Waals surface area contributed by atoms with E-state index in [0.717, 1.165) is 77.6 Å². The van der Waals surface area contributed by atoms with E-state index in [2.05, 4.69) is 126 Å². The minimum Gasteiger partial charge on any atom is -0.474 e. The molecule has 3 N–H and O–H groups in total. The van der Waals surface area contributed by atoms with E-state index >= 15 is 0 Å². The molecule has 14 rings (SSSR count). The quantitative estimate of drug-likeness (QED) is 0.0488. The molecule has 0 unspecified atom stereocenters. The summed E-state index contributed by atoms with van der Waals surface area (Å²) in [6.45, 7) is 19.9. The number of fused-ring (bicyclic) bond motifs is 2. The zero-order valence-electron chi connectivity index (χ0n) is 52.6. The van der Waals surface area contributed by atoms with Gasteiger partial charge in [-0.15, -0.1) is 10.2 Å². The smallest absolute Gasteiger partial charge is 0.395 e. The molecule has 26 heteroatoms. The number of nitriles is 4. The van der Waals surface area contributed by atoms with E-state index in [1.165, 1.54) is 36.7 Å². The van der Waals surface area contributed by atoms with Crippen LogP contribution in [0.5, 0.6) is 0 Å². The molecule has 6 aromatic heterocycles. The molecule has 6 fully saturated rings. The van der Waals surface area contributed by atoms with E-state index in [1.54, 1.807) is 30.8 Å². The second-order valence-corrected chi connectivity index (χ2v) is 27.5. The number of pyridine rings is 4. The van der Waals surface area contributed by atoms with Gasteiger partial charge >= 0.3 is 22.4 Å². The molecule has 476 valence electrons. The molecule has 6 saturated carbocycles. The summed E-state index contributed by atoms with van der Waals surface area (Å²) in [6, 6.07) is 20.0. The molecule has 8 aromatic rings. The average molecular weight is 1300 g/mol. The SMILES string of the molecule is Cc1nc(F)ccc1[C@@H](c1cn(C23CC(C2)C3)nn1)N(C(=O)C(=O)O)c1cc(C#N)c2ncc(C#N)c(N[C@H](C)C(C)(C)C)c2c1.Cc1nc(F)ccc1[C@H](Cc1cc(C#N)c2ncc(C#N)c(N[C@H](C)C(C)(C)C)c2c1)c1cn(C23CC(C2)C3)nn1.O=C(Cl)C(=O)Cl. The lowest BCUT2D eigenvalue weighted by molar-refractivity contribution is -0.149. The molecule has 2 aromatic carbocycles. The summed E-state index contributed by atoms with van der Waals surface area (Å²) in [5.74, 6) is -3.16. The number of nitrogens with one attached hydrogen (secondary N) is 2. The molecule has 0 saturated heterocycles. The number of carbonyl (C=O) groups is 4. The van der Waals surface area contributed by atoms with Gasteiger partial charge in [0.1, 0.15) is 36.0 Å². The number of amides is 1. The Morgan fingerprint density at radius 2 is 1.09 bits per heavy atom. The van der Waals surface area contributed by atoms with Gasteiger partial charge in [0.25, 0.3) is 0 Å².